The molecule has 0 unspecified atom stereocenters. The van der Waals surface area contributed by atoms with Crippen LogP contribution in [0.1, 0.15) is 60.1 Å². The van der Waals surface area contributed by atoms with Crippen molar-refractivity contribution < 1.29 is 0 Å². The maximum atomic E-state index is 5.05. The van der Waals surface area contributed by atoms with E-state index >= 15 is 0 Å². The zero-order valence-corrected chi connectivity index (χ0v) is 22.2. The lowest BCUT2D eigenvalue weighted by Gasteiger charge is -2.46. The van der Waals surface area contributed by atoms with Crippen LogP contribution in [0.15, 0.2) is 96.0 Å². The molecule has 1 saturated heterocycles. The minimum absolute atomic E-state index is 0.0715. The molecule has 8 rings (SSSR count). The van der Waals surface area contributed by atoms with Gasteiger partial charge in [-0.15, -0.1) is 0 Å². The van der Waals surface area contributed by atoms with E-state index in [2.05, 4.69) is 115 Å². The molecule has 0 atom stereocenters. The third-order valence-electron chi connectivity index (χ3n) is 9.52. The Labute approximate surface area is 225 Å². The largest absolute Gasteiger partial charge is 0.342 e. The van der Waals surface area contributed by atoms with E-state index < -0.39 is 0 Å². The van der Waals surface area contributed by atoms with E-state index in [0.29, 0.717) is 0 Å². The van der Waals surface area contributed by atoms with Crippen LogP contribution < -0.4 is 4.90 Å². The van der Waals surface area contributed by atoms with Crippen molar-refractivity contribution in [2.45, 2.75) is 37.5 Å². The summed E-state index contributed by atoms with van der Waals surface area (Å²) in [4.78, 5) is 10.1. The molecule has 4 aromatic carbocycles. The van der Waals surface area contributed by atoms with Gasteiger partial charge in [0.15, 0.2) is 0 Å². The molecular weight excluding hydrogens is 462 g/mol. The number of fused-ring (bicyclic) bond motifs is 10. The van der Waals surface area contributed by atoms with E-state index in [0.717, 1.165) is 39.0 Å². The molecule has 4 aromatic rings. The fourth-order valence-electron chi connectivity index (χ4n) is 7.97. The van der Waals surface area contributed by atoms with Gasteiger partial charge in [-0.25, -0.2) is 0 Å². The Hall–Kier alpha value is -3.85. The van der Waals surface area contributed by atoms with Crippen LogP contribution >= 0.6 is 0 Å². The van der Waals surface area contributed by atoms with Gasteiger partial charge in [0.25, 0.3) is 0 Å². The molecule has 2 aliphatic carbocycles. The highest BCUT2D eigenvalue weighted by Gasteiger charge is 2.53. The first-order valence-corrected chi connectivity index (χ1v) is 14.1. The summed E-state index contributed by atoms with van der Waals surface area (Å²) in [5.41, 5.74) is 12.1. The summed E-state index contributed by atoms with van der Waals surface area (Å²) >= 11 is 0. The predicted octanol–water partition coefficient (Wildman–Crippen LogP) is 6.96. The lowest BCUT2D eigenvalue weighted by molar-refractivity contribution is 0.360. The Morgan fingerprint density at radius 2 is 1.21 bits per heavy atom. The molecule has 0 N–H and O–H groups in total. The number of nitrogens with zero attached hydrogens (tertiary/aromatic N) is 3. The van der Waals surface area contributed by atoms with Crippen LogP contribution in [0.5, 0.6) is 0 Å². The van der Waals surface area contributed by atoms with E-state index in [-0.39, 0.29) is 10.8 Å². The first-order chi connectivity index (χ1) is 18.6. The lowest BCUT2D eigenvalue weighted by Crippen LogP contribution is -2.52. The molecule has 0 aromatic heterocycles. The van der Waals surface area contributed by atoms with Crippen LogP contribution in [0, 0.1) is 0 Å². The van der Waals surface area contributed by atoms with Crippen molar-refractivity contribution in [1.82, 2.24) is 4.90 Å². The summed E-state index contributed by atoms with van der Waals surface area (Å²) in [6, 6.07) is 34.6. The summed E-state index contributed by atoms with van der Waals surface area (Å²) in [7, 11) is 0. The molecule has 4 aliphatic rings. The second kappa shape index (κ2) is 7.83. The second-order valence-electron chi connectivity index (χ2n) is 11.7. The minimum Gasteiger partial charge on any atom is -0.342 e. The summed E-state index contributed by atoms with van der Waals surface area (Å²) in [5.74, 6) is 1.17. The predicted molar refractivity (Wildman–Crippen MR) is 156 cm³/mol. The molecule has 188 valence electrons. The van der Waals surface area contributed by atoms with Gasteiger partial charge in [-0.1, -0.05) is 98.8 Å². The average molecular weight is 496 g/mol. The minimum atomic E-state index is -0.339. The van der Waals surface area contributed by atoms with E-state index in [1.807, 2.05) is 0 Å². The maximum Gasteiger partial charge on any atom is 0.201 e. The van der Waals surface area contributed by atoms with Crippen LogP contribution in [0.3, 0.4) is 0 Å². The number of anilines is 1. The molecule has 3 heteroatoms. The highest BCUT2D eigenvalue weighted by Crippen LogP contribution is 2.63. The van der Waals surface area contributed by atoms with Gasteiger partial charge < -0.3 is 9.80 Å². The number of hydrogen-bond donors (Lipinski definition) is 0. The first kappa shape index (κ1) is 22.2. The van der Waals surface area contributed by atoms with Crippen molar-refractivity contribution in [3.8, 4) is 11.1 Å². The molecular formula is C35H33N3. The third-order valence-corrected chi connectivity index (χ3v) is 9.52. The SMILES string of the molecule is CC1(C)c2ccccc2C2(c3ccccc3-c3c(N4CCCN5CCCN=C54)cccc32)c2ccccc21. The molecule has 38 heavy (non-hydrogen) atoms. The van der Waals surface area contributed by atoms with Crippen molar-refractivity contribution in [2.24, 2.45) is 4.99 Å². The van der Waals surface area contributed by atoms with Gasteiger partial charge in [-0.3, -0.25) is 4.99 Å². The zero-order valence-electron chi connectivity index (χ0n) is 22.2. The topological polar surface area (TPSA) is 18.8 Å². The molecule has 0 amide bonds. The fourth-order valence-corrected chi connectivity index (χ4v) is 7.97. The van der Waals surface area contributed by atoms with E-state index in [1.165, 1.54) is 56.2 Å². The standard InChI is InChI=1S/C35H33N3/c1-34(2)26-14-5-7-16-28(26)35(29-17-8-6-15-27(29)34)25-13-4-3-12-24(25)32-30(35)18-9-19-31(32)38-23-11-22-37-21-10-20-36-33(37)38/h3-9,12-19H,10-11,20-23H2,1-2H3. The number of aliphatic imine (C=N–C) groups is 1. The smallest absolute Gasteiger partial charge is 0.201 e. The molecule has 3 nitrogen and oxygen atoms in total. The van der Waals surface area contributed by atoms with Crippen molar-refractivity contribution in [3.63, 3.8) is 0 Å². The maximum absolute atomic E-state index is 5.05. The molecule has 0 saturated carbocycles. The molecule has 0 bridgehead atoms. The molecule has 2 aliphatic heterocycles. The van der Waals surface area contributed by atoms with Gasteiger partial charge in [0.05, 0.1) is 11.1 Å². The Morgan fingerprint density at radius 3 is 1.95 bits per heavy atom. The number of guanidine groups is 1. The highest BCUT2D eigenvalue weighted by atomic mass is 15.4. The number of benzene rings is 4. The Balaban J connectivity index is 1.48. The molecule has 1 fully saturated rings. The average Bonchev–Trinajstić information content (AvgIpc) is 3.27. The van der Waals surface area contributed by atoms with Gasteiger partial charge in [0.2, 0.25) is 5.96 Å². The molecule has 1 spiro atoms. The van der Waals surface area contributed by atoms with Gasteiger partial charge in [0.1, 0.15) is 0 Å². The van der Waals surface area contributed by atoms with Crippen molar-refractivity contribution >= 4 is 11.6 Å². The van der Waals surface area contributed by atoms with E-state index in [4.69, 9.17) is 4.99 Å². The Bertz CT molecular complexity index is 1580. The normalized spacial score (nSPS) is 19.7. The zero-order chi connectivity index (χ0) is 25.5. The van der Waals surface area contributed by atoms with Gasteiger partial charge in [-0.05, 0) is 57.9 Å². The van der Waals surface area contributed by atoms with Crippen LogP contribution in [-0.4, -0.2) is 37.0 Å². The summed E-state index contributed by atoms with van der Waals surface area (Å²) < 4.78 is 0. The van der Waals surface area contributed by atoms with Gasteiger partial charge >= 0.3 is 0 Å². The quantitative estimate of drug-likeness (QED) is 0.250. The monoisotopic (exact) mass is 495 g/mol. The number of rotatable bonds is 1. The van der Waals surface area contributed by atoms with Gasteiger partial charge in [-0.2, -0.15) is 0 Å². The van der Waals surface area contributed by atoms with E-state index in [1.54, 1.807) is 0 Å². The van der Waals surface area contributed by atoms with Crippen molar-refractivity contribution in [1.29, 1.82) is 0 Å². The van der Waals surface area contributed by atoms with Crippen molar-refractivity contribution in [2.75, 3.05) is 31.1 Å². The van der Waals surface area contributed by atoms with Gasteiger partial charge in [0, 0.05) is 37.2 Å². The van der Waals surface area contributed by atoms with Crippen LogP contribution in [-0.2, 0) is 10.8 Å². The highest BCUT2D eigenvalue weighted by molar-refractivity contribution is 6.04. The van der Waals surface area contributed by atoms with Crippen molar-refractivity contribution in [3.05, 3.63) is 124 Å². The Morgan fingerprint density at radius 1 is 0.605 bits per heavy atom. The number of hydrogen-bond acceptors (Lipinski definition) is 3. The Kier molecular flexibility index (Phi) is 4.57. The molecule has 2 heterocycles. The fraction of sp³-hybridized carbons (Fsp3) is 0.286. The molecule has 0 radical (unpaired) electrons. The summed E-state index contributed by atoms with van der Waals surface area (Å²) in [6.07, 6.45) is 2.31. The third kappa shape index (κ3) is 2.67. The lowest BCUT2D eigenvalue weighted by atomic mass is 9.55. The van der Waals surface area contributed by atoms with Crippen LogP contribution in [0.4, 0.5) is 5.69 Å². The summed E-state index contributed by atoms with van der Waals surface area (Å²) in [5, 5.41) is 0. The van der Waals surface area contributed by atoms with Crippen LogP contribution in [0.2, 0.25) is 0 Å². The van der Waals surface area contributed by atoms with E-state index in [9.17, 15) is 0 Å². The first-order valence-electron chi connectivity index (χ1n) is 14.1. The summed E-state index contributed by atoms with van der Waals surface area (Å²) in [6.45, 7) is 8.94. The second-order valence-corrected chi connectivity index (χ2v) is 11.7. The van der Waals surface area contributed by atoms with Crippen LogP contribution in [0.25, 0.3) is 11.1 Å².